The molecular weight excluding hydrogens is 837 g/mol. The van der Waals surface area contributed by atoms with E-state index in [0.29, 0.717) is 38.8 Å². The maximum absolute atomic E-state index is 15.0. The third kappa shape index (κ3) is 8.59. The molecule has 7 rings (SSSR count). The molecule has 0 aromatic rings. The lowest BCUT2D eigenvalue weighted by molar-refractivity contribution is -0.369. The van der Waals surface area contributed by atoms with E-state index in [1.54, 1.807) is 0 Å². The molecule has 370 valence electrons. The topological polar surface area (TPSA) is 234 Å². The van der Waals surface area contributed by atoms with Gasteiger partial charge in [-0.05, 0) is 121 Å². The number of ether oxygens (including phenoxy) is 4. The number of nitrogens with one attached hydrogen (secondary N) is 2. The molecule has 19 atom stereocenters. The highest BCUT2D eigenvalue weighted by Gasteiger charge is 2.70. The molecule has 65 heavy (non-hydrogen) atoms. The Bertz CT molecular complexity index is 1800. The van der Waals surface area contributed by atoms with E-state index in [4.69, 9.17) is 18.9 Å². The number of fused-ring (bicyclic) bond motifs is 7. The quantitative estimate of drug-likeness (QED) is 0.0972. The van der Waals surface area contributed by atoms with E-state index in [9.17, 15) is 40.2 Å². The third-order valence-corrected chi connectivity index (χ3v) is 18.9. The Morgan fingerprint density at radius 3 is 1.91 bits per heavy atom. The largest absolute Gasteiger partial charge is 0.396 e. The van der Waals surface area contributed by atoms with Crippen molar-refractivity contribution in [1.29, 1.82) is 0 Å². The zero-order valence-electron chi connectivity index (χ0n) is 40.5. The lowest BCUT2D eigenvalue weighted by Gasteiger charge is -2.70. The Hall–Kier alpha value is -2.05. The van der Waals surface area contributed by atoms with E-state index in [2.05, 4.69) is 59.1 Å². The first-order chi connectivity index (χ1) is 30.5. The summed E-state index contributed by atoms with van der Waals surface area (Å²) >= 11 is 0. The van der Waals surface area contributed by atoms with Gasteiger partial charge in [-0.25, -0.2) is 0 Å². The molecule has 0 radical (unpaired) electrons. The first kappa shape index (κ1) is 50.8. The predicted octanol–water partition coefficient (Wildman–Crippen LogP) is 3.82. The Kier molecular flexibility index (Phi) is 14.6. The number of amides is 2. The molecule has 0 aromatic heterocycles. The van der Waals surface area contributed by atoms with Crippen molar-refractivity contribution in [2.24, 2.45) is 50.2 Å². The Balaban J connectivity index is 1.16. The molecule has 7 aliphatic rings. The van der Waals surface area contributed by atoms with Crippen LogP contribution in [0.1, 0.15) is 146 Å². The van der Waals surface area contributed by atoms with Crippen LogP contribution in [0, 0.1) is 50.2 Å². The minimum Gasteiger partial charge on any atom is -0.396 e. The Morgan fingerprint density at radius 2 is 1.31 bits per heavy atom. The monoisotopic (exact) mass is 919 g/mol. The first-order valence-electron chi connectivity index (χ1n) is 24.9. The highest BCUT2D eigenvalue weighted by molar-refractivity contribution is 5.95. The summed E-state index contributed by atoms with van der Waals surface area (Å²) in [4.78, 5) is 41.7. The van der Waals surface area contributed by atoms with E-state index in [1.165, 1.54) is 5.57 Å². The number of ketones is 1. The number of aliphatic hydroxyl groups excluding tert-OH is 6. The summed E-state index contributed by atoms with van der Waals surface area (Å²) in [6, 6.07) is 0. The lowest BCUT2D eigenvalue weighted by Crippen LogP contribution is -2.68. The number of hydrogen-bond donors (Lipinski definition) is 8. The molecule has 0 spiro atoms. The van der Waals surface area contributed by atoms with Crippen molar-refractivity contribution in [3.8, 4) is 0 Å². The van der Waals surface area contributed by atoms with Crippen LogP contribution in [0.2, 0.25) is 0 Å². The number of allylic oxidation sites excluding steroid dienone is 2. The van der Waals surface area contributed by atoms with Crippen LogP contribution < -0.4 is 10.6 Å². The SMILES string of the molecule is CCCCNC(=O)[C@H]1O[C@@H](O[C@H]2[C@H](O[C@H]3CC[C@]4(C)[C@H]5C(=O)C=C6[C@@H]7C[C@@](C)(CO)CC[C@]7(C)CC[C@@]6(C)[C@]5(C)CC[C@H]4C3(C)C)O[C@H](C(=O)NCCCC)[C@@H](O)[C@@H]2O)[C@H](O)[C@@H](O)[C@@H]1O. The van der Waals surface area contributed by atoms with Gasteiger partial charge < -0.3 is 60.2 Å². The molecule has 15 heteroatoms. The molecule has 6 fully saturated rings. The van der Waals surface area contributed by atoms with Gasteiger partial charge in [0.1, 0.15) is 36.6 Å². The highest BCUT2D eigenvalue weighted by Crippen LogP contribution is 2.75. The number of hydrogen-bond acceptors (Lipinski definition) is 13. The summed E-state index contributed by atoms with van der Waals surface area (Å²) in [5.41, 5.74) is -0.274. The average Bonchev–Trinajstić information content (AvgIpc) is 3.25. The van der Waals surface area contributed by atoms with E-state index < -0.39 is 90.2 Å². The van der Waals surface area contributed by atoms with Crippen molar-refractivity contribution in [2.75, 3.05) is 19.7 Å². The molecule has 0 bridgehead atoms. The normalized spacial score (nSPS) is 48.2. The van der Waals surface area contributed by atoms with Gasteiger partial charge in [-0.3, -0.25) is 14.4 Å². The predicted molar refractivity (Wildman–Crippen MR) is 239 cm³/mol. The summed E-state index contributed by atoms with van der Waals surface area (Å²) in [5, 5.41) is 71.9. The van der Waals surface area contributed by atoms with Gasteiger partial charge in [0.2, 0.25) is 0 Å². The summed E-state index contributed by atoms with van der Waals surface area (Å²) in [7, 11) is 0. The van der Waals surface area contributed by atoms with E-state index in [-0.39, 0.29) is 51.8 Å². The molecule has 0 aromatic carbocycles. The van der Waals surface area contributed by atoms with Gasteiger partial charge >= 0.3 is 0 Å². The minimum absolute atomic E-state index is 0.00858. The lowest BCUT2D eigenvalue weighted by atomic mass is 9.33. The van der Waals surface area contributed by atoms with Gasteiger partial charge in [-0.2, -0.15) is 0 Å². The van der Waals surface area contributed by atoms with Crippen molar-refractivity contribution in [3.05, 3.63) is 11.6 Å². The molecule has 2 heterocycles. The fourth-order valence-electron chi connectivity index (χ4n) is 14.4. The van der Waals surface area contributed by atoms with Gasteiger partial charge in [0, 0.05) is 25.6 Å². The number of unbranched alkanes of at least 4 members (excludes halogenated alkanes) is 2. The first-order valence-corrected chi connectivity index (χ1v) is 24.9. The highest BCUT2D eigenvalue weighted by atomic mass is 16.8. The minimum atomic E-state index is -1.88. The van der Waals surface area contributed by atoms with Crippen LogP contribution in [0.3, 0.4) is 0 Å². The van der Waals surface area contributed by atoms with Gasteiger partial charge in [-0.1, -0.05) is 80.7 Å². The number of rotatable bonds is 13. The van der Waals surface area contributed by atoms with Gasteiger partial charge in [-0.15, -0.1) is 0 Å². The molecule has 2 aliphatic heterocycles. The van der Waals surface area contributed by atoms with Crippen LogP contribution in [0.15, 0.2) is 11.6 Å². The molecular formula is C50H82N2O13. The van der Waals surface area contributed by atoms with Crippen LogP contribution in [-0.2, 0) is 33.3 Å². The van der Waals surface area contributed by atoms with Crippen LogP contribution >= 0.6 is 0 Å². The zero-order valence-corrected chi connectivity index (χ0v) is 40.5. The molecule has 5 aliphatic carbocycles. The molecule has 2 amide bonds. The molecule has 8 N–H and O–H groups in total. The van der Waals surface area contributed by atoms with Crippen LogP contribution in [0.5, 0.6) is 0 Å². The van der Waals surface area contributed by atoms with Crippen LogP contribution in [0.4, 0.5) is 0 Å². The van der Waals surface area contributed by atoms with Gasteiger partial charge in [0.15, 0.2) is 30.6 Å². The Labute approximate surface area is 386 Å². The molecule has 4 saturated carbocycles. The smallest absolute Gasteiger partial charge is 0.252 e. The van der Waals surface area contributed by atoms with Gasteiger partial charge in [0.25, 0.3) is 11.8 Å². The standard InChI is InChI=1S/C50H82N2O13/c1-10-12-22-51-41(60)37-33(56)32(55)36(59)43(63-37)65-39-35(58)34(57)38(42(61)52-23-13-11-2)64-44(39)62-31-15-16-48(7)30(45(31,3)4)14-17-50(9)40(48)29(54)24-27-28-25-46(5,26-53)18-19-47(28,6)20-21-49(27,50)8/h24,28,30-40,43-44,53,55-59H,10-23,25-26H2,1-9H3,(H,51,60)(H,52,61)/t28-,30-,31-,32-,33-,34-,35-,36+,37-,38-,39+,40+,43-,44+,46-,47+,48-,49+,50+/m0/s1. The fourth-order valence-corrected chi connectivity index (χ4v) is 14.4. The van der Waals surface area contributed by atoms with Crippen molar-refractivity contribution >= 4 is 17.6 Å². The van der Waals surface area contributed by atoms with Gasteiger partial charge in [0.05, 0.1) is 6.10 Å². The second kappa shape index (κ2) is 18.7. The maximum Gasteiger partial charge on any atom is 0.252 e. The van der Waals surface area contributed by atoms with E-state index in [1.807, 2.05) is 19.9 Å². The Morgan fingerprint density at radius 1 is 0.723 bits per heavy atom. The second-order valence-corrected chi connectivity index (χ2v) is 23.3. The van der Waals surface area contributed by atoms with Crippen LogP contribution in [-0.4, -0.2) is 135 Å². The molecule has 15 nitrogen and oxygen atoms in total. The van der Waals surface area contributed by atoms with E-state index >= 15 is 4.79 Å². The second-order valence-electron chi connectivity index (χ2n) is 23.3. The average molecular weight is 919 g/mol. The van der Waals surface area contributed by atoms with Crippen molar-refractivity contribution in [2.45, 2.75) is 213 Å². The third-order valence-electron chi connectivity index (χ3n) is 18.9. The van der Waals surface area contributed by atoms with Crippen molar-refractivity contribution in [1.82, 2.24) is 10.6 Å². The van der Waals surface area contributed by atoms with Crippen molar-refractivity contribution in [3.63, 3.8) is 0 Å². The summed E-state index contributed by atoms with van der Waals surface area (Å²) in [6.45, 7) is 20.6. The van der Waals surface area contributed by atoms with Crippen molar-refractivity contribution < 1.29 is 64.0 Å². The summed E-state index contributed by atoms with van der Waals surface area (Å²) in [6.07, 6.45) is -5.01. The summed E-state index contributed by atoms with van der Waals surface area (Å²) < 4.78 is 25.2. The molecule has 2 saturated heterocycles. The zero-order chi connectivity index (χ0) is 47.7. The fraction of sp³-hybridized carbons (Fsp3) is 0.900. The maximum atomic E-state index is 15.0. The number of carbonyl (C=O) groups excluding carboxylic acids is 3. The molecule has 0 unspecified atom stereocenters. The number of aliphatic hydroxyl groups is 6. The number of carbonyl (C=O) groups is 3. The van der Waals surface area contributed by atoms with Crippen LogP contribution in [0.25, 0.3) is 0 Å². The summed E-state index contributed by atoms with van der Waals surface area (Å²) in [5.74, 6) is -1.18. The van der Waals surface area contributed by atoms with E-state index in [0.717, 1.165) is 57.8 Å².